The Kier molecular flexibility index (Phi) is 3.34. The van der Waals surface area contributed by atoms with Crippen LogP contribution in [0.15, 0.2) is 18.2 Å². The lowest BCUT2D eigenvalue weighted by molar-refractivity contribution is -0.0494. The van der Waals surface area contributed by atoms with E-state index in [1.807, 2.05) is 12.1 Å². The van der Waals surface area contributed by atoms with Crippen LogP contribution in [0.2, 0.25) is 5.02 Å². The zero-order valence-corrected chi connectivity index (χ0v) is 12.2. The van der Waals surface area contributed by atoms with Crippen molar-refractivity contribution < 1.29 is 4.39 Å². The van der Waals surface area contributed by atoms with Crippen LogP contribution < -0.4 is 5.32 Å². The minimum absolute atomic E-state index is 0.0363. The maximum absolute atomic E-state index is 14.4. The fourth-order valence-corrected chi connectivity index (χ4v) is 4.28. The first kappa shape index (κ1) is 13.4. The lowest BCUT2D eigenvalue weighted by Gasteiger charge is -2.61. The molecule has 1 aromatic rings. The van der Waals surface area contributed by atoms with Crippen LogP contribution in [0.3, 0.4) is 0 Å². The molecular formula is C16H21ClFN. The molecule has 3 rings (SSSR count). The van der Waals surface area contributed by atoms with Crippen molar-refractivity contribution in [3.8, 4) is 0 Å². The van der Waals surface area contributed by atoms with Crippen LogP contribution in [0, 0.1) is 11.2 Å². The molecule has 0 aromatic heterocycles. The van der Waals surface area contributed by atoms with E-state index >= 15 is 0 Å². The predicted octanol–water partition coefficient (Wildman–Crippen LogP) is 4.29. The number of benzene rings is 1. The van der Waals surface area contributed by atoms with Crippen molar-refractivity contribution >= 4 is 11.6 Å². The molecule has 1 aromatic carbocycles. The van der Waals surface area contributed by atoms with Crippen molar-refractivity contribution in [2.75, 3.05) is 13.1 Å². The van der Waals surface area contributed by atoms with E-state index in [2.05, 4.69) is 12.2 Å². The second-order valence-corrected chi connectivity index (χ2v) is 6.78. The second-order valence-electron chi connectivity index (χ2n) is 6.37. The molecule has 0 unspecified atom stereocenters. The highest BCUT2D eigenvalue weighted by Crippen LogP contribution is 2.65. The number of likely N-dealkylation sites (N-methyl/N-ethyl adjacent to an activating group) is 1. The van der Waals surface area contributed by atoms with Gasteiger partial charge in [0.25, 0.3) is 0 Å². The highest BCUT2D eigenvalue weighted by molar-refractivity contribution is 6.30. The van der Waals surface area contributed by atoms with Gasteiger partial charge >= 0.3 is 0 Å². The summed E-state index contributed by atoms with van der Waals surface area (Å²) in [5.74, 6) is -0.212. The third-order valence-electron chi connectivity index (χ3n) is 5.08. The molecule has 2 saturated carbocycles. The average Bonchev–Trinajstić information content (AvgIpc) is 2.30. The molecule has 0 heterocycles. The second kappa shape index (κ2) is 4.75. The van der Waals surface area contributed by atoms with E-state index < -0.39 is 0 Å². The van der Waals surface area contributed by atoms with E-state index in [4.69, 9.17) is 11.6 Å². The van der Waals surface area contributed by atoms with Crippen molar-refractivity contribution in [2.45, 2.75) is 44.4 Å². The van der Waals surface area contributed by atoms with E-state index in [-0.39, 0.29) is 16.3 Å². The van der Waals surface area contributed by atoms with Gasteiger partial charge in [-0.2, -0.15) is 0 Å². The molecule has 1 nitrogen and oxygen atoms in total. The Morgan fingerprint density at radius 3 is 2.63 bits per heavy atom. The highest BCUT2D eigenvalue weighted by Gasteiger charge is 2.57. The van der Waals surface area contributed by atoms with Gasteiger partial charge < -0.3 is 5.32 Å². The number of rotatable bonds is 4. The first-order valence-corrected chi connectivity index (χ1v) is 7.64. The molecule has 3 heteroatoms. The number of hydrogen-bond donors (Lipinski definition) is 1. The number of halogens is 2. The summed E-state index contributed by atoms with van der Waals surface area (Å²) in [5, 5.41) is 3.67. The van der Waals surface area contributed by atoms with Crippen LogP contribution in [0.1, 0.15) is 44.6 Å². The van der Waals surface area contributed by atoms with Crippen molar-refractivity contribution in [3.63, 3.8) is 0 Å². The van der Waals surface area contributed by atoms with Gasteiger partial charge in [-0.05, 0) is 49.3 Å². The van der Waals surface area contributed by atoms with Gasteiger partial charge in [-0.15, -0.1) is 0 Å². The Balaban J connectivity index is 1.89. The lowest BCUT2D eigenvalue weighted by atomic mass is 9.43. The summed E-state index contributed by atoms with van der Waals surface area (Å²) in [4.78, 5) is 0. The summed E-state index contributed by atoms with van der Waals surface area (Å²) in [5.41, 5.74) is 1.30. The molecule has 2 aliphatic rings. The predicted molar refractivity (Wildman–Crippen MR) is 77.1 cm³/mol. The molecule has 1 spiro atoms. The van der Waals surface area contributed by atoms with Crippen LogP contribution >= 0.6 is 11.6 Å². The first-order valence-electron chi connectivity index (χ1n) is 7.26. The maximum atomic E-state index is 14.4. The zero-order valence-electron chi connectivity index (χ0n) is 11.4. The molecule has 104 valence electrons. The van der Waals surface area contributed by atoms with Gasteiger partial charge in [0.05, 0.1) is 5.02 Å². The van der Waals surface area contributed by atoms with E-state index in [9.17, 15) is 4.39 Å². The Morgan fingerprint density at radius 1 is 1.32 bits per heavy atom. The summed E-state index contributed by atoms with van der Waals surface area (Å²) in [6, 6.07) is 5.43. The largest absolute Gasteiger partial charge is 0.316 e. The molecule has 19 heavy (non-hydrogen) atoms. The first-order chi connectivity index (χ1) is 9.11. The smallest absolute Gasteiger partial charge is 0.145 e. The van der Waals surface area contributed by atoms with Gasteiger partial charge in [0.2, 0.25) is 0 Å². The summed E-state index contributed by atoms with van der Waals surface area (Å²) >= 11 is 5.96. The van der Waals surface area contributed by atoms with Gasteiger partial charge in [0.15, 0.2) is 0 Å². The van der Waals surface area contributed by atoms with Gasteiger partial charge in [-0.1, -0.05) is 37.1 Å². The fraction of sp³-hybridized carbons (Fsp3) is 0.625. The molecule has 2 aliphatic carbocycles. The summed E-state index contributed by atoms with van der Waals surface area (Å²) < 4.78 is 14.4. The van der Waals surface area contributed by atoms with Crippen LogP contribution in [0.5, 0.6) is 0 Å². The number of hydrogen-bond acceptors (Lipinski definition) is 1. The Labute approximate surface area is 119 Å². The van der Waals surface area contributed by atoms with Gasteiger partial charge in [-0.3, -0.25) is 0 Å². The zero-order chi connectivity index (χ0) is 13.5. The van der Waals surface area contributed by atoms with E-state index in [0.717, 1.165) is 31.5 Å². The standard InChI is InChI=1S/C16H21ClFN/c1-2-19-11-16(9-15(10-16)7-4-8-15)12-5-3-6-13(17)14(12)18/h3,5-6,19H,2,4,7-11H2,1H3. The monoisotopic (exact) mass is 281 g/mol. The third kappa shape index (κ3) is 2.09. The van der Waals surface area contributed by atoms with Crippen molar-refractivity contribution in [2.24, 2.45) is 5.41 Å². The fourth-order valence-electron chi connectivity index (χ4n) is 4.10. The lowest BCUT2D eigenvalue weighted by Crippen LogP contribution is -2.57. The molecule has 1 N–H and O–H groups in total. The summed E-state index contributed by atoms with van der Waals surface area (Å²) in [6.45, 7) is 3.89. The Morgan fingerprint density at radius 2 is 2.05 bits per heavy atom. The molecule has 0 aliphatic heterocycles. The van der Waals surface area contributed by atoms with Crippen LogP contribution in [-0.2, 0) is 5.41 Å². The minimum atomic E-state index is -0.212. The average molecular weight is 282 g/mol. The normalized spacial score (nSPS) is 22.9. The van der Waals surface area contributed by atoms with Crippen molar-refractivity contribution in [1.82, 2.24) is 5.32 Å². The topological polar surface area (TPSA) is 12.0 Å². The molecule has 0 radical (unpaired) electrons. The van der Waals surface area contributed by atoms with Crippen LogP contribution in [0.4, 0.5) is 4.39 Å². The van der Waals surface area contributed by atoms with Crippen molar-refractivity contribution in [1.29, 1.82) is 0 Å². The van der Waals surface area contributed by atoms with Crippen LogP contribution in [0.25, 0.3) is 0 Å². The van der Waals surface area contributed by atoms with Gasteiger partial charge in [0.1, 0.15) is 5.82 Å². The van der Waals surface area contributed by atoms with E-state index in [1.165, 1.54) is 19.3 Å². The summed E-state index contributed by atoms with van der Waals surface area (Å²) in [7, 11) is 0. The molecule has 0 saturated heterocycles. The van der Waals surface area contributed by atoms with Gasteiger partial charge in [-0.25, -0.2) is 4.39 Å². The highest BCUT2D eigenvalue weighted by atomic mass is 35.5. The SMILES string of the molecule is CCNCC1(c2cccc(Cl)c2F)CC2(CCC2)C1. The Bertz CT molecular complexity index is 474. The maximum Gasteiger partial charge on any atom is 0.145 e. The molecule has 0 amide bonds. The molecular weight excluding hydrogens is 261 g/mol. The quantitative estimate of drug-likeness (QED) is 0.868. The minimum Gasteiger partial charge on any atom is -0.316 e. The molecule has 0 bridgehead atoms. The molecule has 0 atom stereocenters. The van der Waals surface area contributed by atoms with Crippen LogP contribution in [-0.4, -0.2) is 13.1 Å². The van der Waals surface area contributed by atoms with E-state index in [1.54, 1.807) is 6.07 Å². The number of nitrogens with one attached hydrogen (secondary N) is 1. The van der Waals surface area contributed by atoms with Gasteiger partial charge in [0, 0.05) is 12.0 Å². The third-order valence-corrected chi connectivity index (χ3v) is 5.37. The Hall–Kier alpha value is -0.600. The van der Waals surface area contributed by atoms with Crippen molar-refractivity contribution in [3.05, 3.63) is 34.6 Å². The van der Waals surface area contributed by atoms with E-state index in [0.29, 0.717) is 5.41 Å². The molecule has 2 fully saturated rings. The summed E-state index contributed by atoms with van der Waals surface area (Å²) in [6.07, 6.45) is 6.22.